The van der Waals surface area contributed by atoms with Crippen LogP contribution in [0.4, 0.5) is 0 Å². The SMILES string of the molecule is CCCC(=O)NC1CCN(CC(Cc2ccccc2)C2=CCC2)CC1. The van der Waals surface area contributed by atoms with Crippen LogP contribution < -0.4 is 5.32 Å². The minimum absolute atomic E-state index is 0.225. The lowest BCUT2D eigenvalue weighted by atomic mass is 9.82. The number of likely N-dealkylation sites (tertiary alicyclic amines) is 1. The molecule has 1 saturated heterocycles. The highest BCUT2D eigenvalue weighted by molar-refractivity contribution is 5.76. The van der Waals surface area contributed by atoms with Crippen molar-refractivity contribution in [3.63, 3.8) is 0 Å². The van der Waals surface area contributed by atoms with Crippen LogP contribution in [0.1, 0.15) is 51.0 Å². The Morgan fingerprint density at radius 2 is 1.96 bits per heavy atom. The molecule has 136 valence electrons. The number of nitrogens with zero attached hydrogens (tertiary/aromatic N) is 1. The highest BCUT2D eigenvalue weighted by atomic mass is 16.1. The zero-order valence-electron chi connectivity index (χ0n) is 15.5. The minimum Gasteiger partial charge on any atom is -0.353 e. The molecule has 0 aromatic heterocycles. The molecule has 0 spiro atoms. The summed E-state index contributed by atoms with van der Waals surface area (Å²) in [7, 11) is 0. The van der Waals surface area contributed by atoms with Gasteiger partial charge in [-0.1, -0.05) is 48.9 Å². The Bertz CT molecular complexity index is 573. The molecule has 1 aromatic rings. The van der Waals surface area contributed by atoms with Crippen molar-refractivity contribution in [2.45, 2.75) is 57.9 Å². The number of piperidine rings is 1. The van der Waals surface area contributed by atoms with Crippen LogP contribution in [-0.2, 0) is 11.2 Å². The standard InChI is InChI=1S/C22H32N2O/c1-2-7-22(25)23-21-12-14-24(15-13-21)17-20(19-10-6-11-19)16-18-8-4-3-5-9-18/h3-5,8-10,20-21H,2,6-7,11-17H2,1H3,(H,23,25). The van der Waals surface area contributed by atoms with E-state index in [2.05, 4.69) is 53.5 Å². The predicted molar refractivity (Wildman–Crippen MR) is 103 cm³/mol. The third-order valence-corrected chi connectivity index (χ3v) is 5.60. The third-order valence-electron chi connectivity index (χ3n) is 5.60. The van der Waals surface area contributed by atoms with Gasteiger partial charge in [0.2, 0.25) is 5.91 Å². The molecule has 1 atom stereocenters. The molecular weight excluding hydrogens is 308 g/mol. The Hall–Kier alpha value is -1.61. The fourth-order valence-electron chi connectivity index (χ4n) is 3.99. The molecule has 1 heterocycles. The summed E-state index contributed by atoms with van der Waals surface area (Å²) < 4.78 is 0. The fourth-order valence-corrected chi connectivity index (χ4v) is 3.99. The van der Waals surface area contributed by atoms with E-state index in [-0.39, 0.29) is 5.91 Å². The van der Waals surface area contributed by atoms with Crippen molar-refractivity contribution in [1.82, 2.24) is 10.2 Å². The van der Waals surface area contributed by atoms with Gasteiger partial charge in [0, 0.05) is 32.1 Å². The average molecular weight is 341 g/mol. The van der Waals surface area contributed by atoms with E-state index in [1.54, 1.807) is 5.57 Å². The Balaban J connectivity index is 1.49. The van der Waals surface area contributed by atoms with Gasteiger partial charge in [0.05, 0.1) is 0 Å². The number of rotatable bonds is 8. The topological polar surface area (TPSA) is 32.3 Å². The maximum absolute atomic E-state index is 11.8. The normalized spacial score (nSPS) is 19.8. The van der Waals surface area contributed by atoms with Gasteiger partial charge < -0.3 is 10.2 Å². The van der Waals surface area contributed by atoms with Crippen molar-refractivity contribution >= 4 is 5.91 Å². The van der Waals surface area contributed by atoms with Crippen LogP contribution in [-0.4, -0.2) is 36.5 Å². The van der Waals surface area contributed by atoms with Crippen molar-refractivity contribution in [2.24, 2.45) is 5.92 Å². The third kappa shape index (κ3) is 5.43. The highest BCUT2D eigenvalue weighted by Crippen LogP contribution is 2.30. The first-order valence-corrected chi connectivity index (χ1v) is 9.99. The van der Waals surface area contributed by atoms with E-state index in [4.69, 9.17) is 0 Å². The number of nitrogens with one attached hydrogen (secondary N) is 1. The van der Waals surface area contributed by atoms with Crippen molar-refractivity contribution < 1.29 is 4.79 Å². The van der Waals surface area contributed by atoms with Gasteiger partial charge in [0.25, 0.3) is 0 Å². The van der Waals surface area contributed by atoms with E-state index in [0.717, 1.165) is 45.3 Å². The largest absolute Gasteiger partial charge is 0.353 e. The monoisotopic (exact) mass is 340 g/mol. The summed E-state index contributed by atoms with van der Waals surface area (Å²) in [6, 6.07) is 11.3. The summed E-state index contributed by atoms with van der Waals surface area (Å²) in [6.07, 6.45) is 9.89. The lowest BCUT2D eigenvalue weighted by Gasteiger charge is -2.36. The van der Waals surface area contributed by atoms with Crippen molar-refractivity contribution in [3.05, 3.63) is 47.5 Å². The van der Waals surface area contributed by atoms with Crippen LogP contribution in [0.3, 0.4) is 0 Å². The molecule has 3 heteroatoms. The summed E-state index contributed by atoms with van der Waals surface area (Å²) in [5.74, 6) is 0.880. The molecule has 1 aliphatic carbocycles. The second kappa shape index (κ2) is 9.19. The van der Waals surface area contributed by atoms with Crippen LogP contribution in [0.25, 0.3) is 0 Å². The summed E-state index contributed by atoms with van der Waals surface area (Å²) in [5.41, 5.74) is 3.10. The van der Waals surface area contributed by atoms with Gasteiger partial charge in [0.1, 0.15) is 0 Å². The van der Waals surface area contributed by atoms with Gasteiger partial charge >= 0.3 is 0 Å². The molecule has 0 radical (unpaired) electrons. The molecule has 0 bridgehead atoms. The highest BCUT2D eigenvalue weighted by Gasteiger charge is 2.25. The Labute approximate surface area is 152 Å². The van der Waals surface area contributed by atoms with Crippen LogP contribution in [0.15, 0.2) is 42.0 Å². The summed E-state index contributed by atoms with van der Waals surface area (Å²) in [6.45, 7) is 5.44. The lowest BCUT2D eigenvalue weighted by molar-refractivity contribution is -0.122. The van der Waals surface area contributed by atoms with Gasteiger partial charge in [0.15, 0.2) is 0 Å². The van der Waals surface area contributed by atoms with E-state index in [0.29, 0.717) is 18.4 Å². The van der Waals surface area contributed by atoms with Crippen LogP contribution >= 0.6 is 0 Å². The number of carbonyl (C=O) groups is 1. The van der Waals surface area contributed by atoms with Crippen LogP contribution in [0.5, 0.6) is 0 Å². The smallest absolute Gasteiger partial charge is 0.220 e. The number of amides is 1. The van der Waals surface area contributed by atoms with E-state index in [9.17, 15) is 4.79 Å². The van der Waals surface area contributed by atoms with Gasteiger partial charge in [-0.05, 0) is 50.0 Å². The molecule has 2 aliphatic rings. The molecule has 1 unspecified atom stereocenters. The first-order chi connectivity index (χ1) is 12.2. The molecule has 25 heavy (non-hydrogen) atoms. The van der Waals surface area contributed by atoms with E-state index >= 15 is 0 Å². The van der Waals surface area contributed by atoms with Gasteiger partial charge in [-0.3, -0.25) is 4.79 Å². The maximum atomic E-state index is 11.8. The first-order valence-electron chi connectivity index (χ1n) is 9.99. The molecule has 1 aromatic carbocycles. The summed E-state index contributed by atoms with van der Waals surface area (Å²) >= 11 is 0. The number of hydrogen-bond donors (Lipinski definition) is 1. The fraction of sp³-hybridized carbons (Fsp3) is 0.591. The quantitative estimate of drug-likeness (QED) is 0.727. The molecule has 3 nitrogen and oxygen atoms in total. The average Bonchev–Trinajstić information content (AvgIpc) is 2.56. The zero-order chi connectivity index (χ0) is 17.5. The molecule has 1 aliphatic heterocycles. The van der Waals surface area contributed by atoms with E-state index in [1.807, 2.05) is 0 Å². The molecule has 1 fully saturated rings. The molecular formula is C22H32N2O. The van der Waals surface area contributed by atoms with Gasteiger partial charge in [-0.15, -0.1) is 0 Å². The Kier molecular flexibility index (Phi) is 6.69. The zero-order valence-corrected chi connectivity index (χ0v) is 15.5. The van der Waals surface area contributed by atoms with Crippen molar-refractivity contribution in [1.29, 1.82) is 0 Å². The number of hydrogen-bond acceptors (Lipinski definition) is 2. The van der Waals surface area contributed by atoms with Crippen LogP contribution in [0, 0.1) is 5.92 Å². The second-order valence-corrected chi connectivity index (χ2v) is 7.60. The summed E-state index contributed by atoms with van der Waals surface area (Å²) in [4.78, 5) is 14.4. The van der Waals surface area contributed by atoms with Crippen LogP contribution in [0.2, 0.25) is 0 Å². The van der Waals surface area contributed by atoms with Crippen molar-refractivity contribution in [2.75, 3.05) is 19.6 Å². The molecule has 1 amide bonds. The first kappa shape index (κ1) is 18.2. The number of allylic oxidation sites excluding steroid dienone is 1. The van der Waals surface area contributed by atoms with Gasteiger partial charge in [-0.2, -0.15) is 0 Å². The molecule has 0 saturated carbocycles. The van der Waals surface area contributed by atoms with E-state index < -0.39 is 0 Å². The minimum atomic E-state index is 0.225. The number of benzene rings is 1. The predicted octanol–water partition coefficient (Wildman–Crippen LogP) is 3.95. The number of carbonyl (C=O) groups excluding carboxylic acids is 1. The Morgan fingerprint density at radius 3 is 2.56 bits per heavy atom. The molecule has 3 rings (SSSR count). The molecule has 1 N–H and O–H groups in total. The Morgan fingerprint density at radius 1 is 1.24 bits per heavy atom. The maximum Gasteiger partial charge on any atom is 0.220 e. The summed E-state index contributed by atoms with van der Waals surface area (Å²) in [5, 5.41) is 3.20. The second-order valence-electron chi connectivity index (χ2n) is 7.60. The van der Waals surface area contributed by atoms with Gasteiger partial charge in [-0.25, -0.2) is 0 Å². The van der Waals surface area contributed by atoms with Crippen molar-refractivity contribution in [3.8, 4) is 0 Å². The van der Waals surface area contributed by atoms with E-state index in [1.165, 1.54) is 18.4 Å². The lowest BCUT2D eigenvalue weighted by Crippen LogP contribution is -2.46.